The summed E-state index contributed by atoms with van der Waals surface area (Å²) in [6.07, 6.45) is 3.65. The smallest absolute Gasteiger partial charge is 0.170 e. The molecular weight excluding hydrogens is 402 g/mol. The van der Waals surface area contributed by atoms with Crippen LogP contribution in [0.5, 0.6) is 11.5 Å². The van der Waals surface area contributed by atoms with Crippen LogP contribution in [0.2, 0.25) is 0 Å². The second-order valence-electron chi connectivity index (χ2n) is 8.68. The zero-order valence-electron chi connectivity index (χ0n) is 19.7. The van der Waals surface area contributed by atoms with Crippen LogP contribution in [0.25, 0.3) is 10.9 Å². The number of benzene rings is 2. The summed E-state index contributed by atoms with van der Waals surface area (Å²) in [4.78, 5) is 13.8. The predicted molar refractivity (Wildman–Crippen MR) is 127 cm³/mol. The molecule has 3 aromatic rings. The van der Waals surface area contributed by atoms with Crippen molar-refractivity contribution in [3.05, 3.63) is 59.3 Å². The second kappa shape index (κ2) is 9.37. The summed E-state index contributed by atoms with van der Waals surface area (Å²) >= 11 is 0. The molecule has 1 aliphatic rings. The molecule has 170 valence electrons. The first-order valence-corrected chi connectivity index (χ1v) is 11.4. The Morgan fingerprint density at radius 2 is 1.84 bits per heavy atom. The van der Waals surface area contributed by atoms with Crippen LogP contribution in [0.1, 0.15) is 53.7 Å². The number of rotatable bonds is 7. The van der Waals surface area contributed by atoms with Crippen LogP contribution in [0, 0.1) is 5.92 Å². The van der Waals surface area contributed by atoms with Crippen molar-refractivity contribution in [3.63, 3.8) is 0 Å². The first-order chi connectivity index (χ1) is 15.5. The third kappa shape index (κ3) is 4.02. The summed E-state index contributed by atoms with van der Waals surface area (Å²) in [6.45, 7) is 2.18. The van der Waals surface area contributed by atoms with Gasteiger partial charge in [0.05, 0.1) is 25.9 Å². The van der Waals surface area contributed by atoms with Gasteiger partial charge in [0.15, 0.2) is 5.78 Å². The standard InChI is InChI=1S/C27H33NO4/c1-6-19-14-18-13-17(7-11-25(18)28(19)2)23-15-20(30-3)8-10-22(23)27(29)24-16-21(31-4)9-12-26(24)32-5/h7,9,11-14,16,20,22-23H,6,8,10,15H2,1-5H3. The summed E-state index contributed by atoms with van der Waals surface area (Å²) in [5.74, 6) is 1.33. The number of methoxy groups -OCH3 is 3. The van der Waals surface area contributed by atoms with Gasteiger partial charge in [0.2, 0.25) is 0 Å². The van der Waals surface area contributed by atoms with Crippen LogP contribution in [0.4, 0.5) is 0 Å². The molecule has 1 heterocycles. The first-order valence-electron chi connectivity index (χ1n) is 11.4. The molecule has 1 saturated carbocycles. The topological polar surface area (TPSA) is 49.7 Å². The number of ether oxygens (including phenoxy) is 3. The van der Waals surface area contributed by atoms with Gasteiger partial charge < -0.3 is 18.8 Å². The minimum atomic E-state index is -0.130. The highest BCUT2D eigenvalue weighted by atomic mass is 16.5. The second-order valence-corrected chi connectivity index (χ2v) is 8.68. The predicted octanol–water partition coefficient (Wildman–Crippen LogP) is 5.54. The van der Waals surface area contributed by atoms with Crippen molar-refractivity contribution in [1.29, 1.82) is 0 Å². The molecule has 0 radical (unpaired) electrons. The third-order valence-corrected chi connectivity index (χ3v) is 7.10. The highest BCUT2D eigenvalue weighted by Gasteiger charge is 2.37. The van der Waals surface area contributed by atoms with E-state index >= 15 is 0 Å². The molecule has 0 N–H and O–H groups in total. The van der Waals surface area contributed by atoms with Gasteiger partial charge in [0, 0.05) is 36.7 Å². The van der Waals surface area contributed by atoms with Crippen molar-refractivity contribution >= 4 is 16.7 Å². The number of nitrogens with zero attached hydrogens (tertiary/aromatic N) is 1. The number of hydrogen-bond donors (Lipinski definition) is 0. The number of carbonyl (C=O) groups is 1. The van der Waals surface area contributed by atoms with Gasteiger partial charge in [-0.25, -0.2) is 0 Å². The fourth-order valence-corrected chi connectivity index (χ4v) is 5.23. The summed E-state index contributed by atoms with van der Waals surface area (Å²) in [5, 5.41) is 1.23. The molecule has 5 nitrogen and oxygen atoms in total. The average Bonchev–Trinajstić information content (AvgIpc) is 3.17. The fraction of sp³-hybridized carbons (Fsp3) is 0.444. The molecular formula is C27H33NO4. The number of Topliss-reactive ketones (excluding diaryl/α,β-unsaturated/α-hetero) is 1. The fourth-order valence-electron chi connectivity index (χ4n) is 5.23. The largest absolute Gasteiger partial charge is 0.497 e. The van der Waals surface area contributed by atoms with Crippen LogP contribution >= 0.6 is 0 Å². The van der Waals surface area contributed by atoms with Crippen molar-refractivity contribution in [2.75, 3.05) is 21.3 Å². The van der Waals surface area contributed by atoms with Gasteiger partial charge in [-0.05, 0) is 73.6 Å². The lowest BCUT2D eigenvalue weighted by molar-refractivity contribution is 0.0430. The van der Waals surface area contributed by atoms with Gasteiger partial charge in [-0.15, -0.1) is 0 Å². The van der Waals surface area contributed by atoms with Gasteiger partial charge in [-0.2, -0.15) is 0 Å². The lowest BCUT2D eigenvalue weighted by atomic mass is 9.71. The van der Waals surface area contributed by atoms with Crippen molar-refractivity contribution in [2.24, 2.45) is 13.0 Å². The van der Waals surface area contributed by atoms with E-state index in [1.54, 1.807) is 27.4 Å². The lowest BCUT2D eigenvalue weighted by Crippen LogP contribution is -2.32. The van der Waals surface area contributed by atoms with E-state index in [1.807, 2.05) is 12.1 Å². The Labute approximate surface area is 190 Å². The van der Waals surface area contributed by atoms with E-state index in [2.05, 4.69) is 42.8 Å². The first kappa shape index (κ1) is 22.4. The molecule has 0 saturated heterocycles. The Morgan fingerprint density at radius 3 is 2.53 bits per heavy atom. The maximum Gasteiger partial charge on any atom is 0.170 e. The molecule has 0 aliphatic heterocycles. The van der Waals surface area contributed by atoms with Gasteiger partial charge in [-0.3, -0.25) is 4.79 Å². The zero-order valence-corrected chi connectivity index (χ0v) is 19.7. The highest BCUT2D eigenvalue weighted by Crippen LogP contribution is 2.43. The zero-order chi connectivity index (χ0) is 22.8. The molecule has 5 heteroatoms. The quantitative estimate of drug-likeness (QED) is 0.457. The Bertz CT molecular complexity index is 1120. The van der Waals surface area contributed by atoms with Crippen LogP contribution in [-0.2, 0) is 18.2 Å². The highest BCUT2D eigenvalue weighted by molar-refractivity contribution is 6.01. The minimum absolute atomic E-state index is 0.0896. The van der Waals surface area contributed by atoms with E-state index in [1.165, 1.54) is 22.2 Å². The maximum atomic E-state index is 13.8. The van der Waals surface area contributed by atoms with E-state index in [0.29, 0.717) is 17.1 Å². The summed E-state index contributed by atoms with van der Waals surface area (Å²) in [6, 6.07) is 14.3. The molecule has 3 atom stereocenters. The molecule has 1 fully saturated rings. The molecule has 2 aromatic carbocycles. The Hall–Kier alpha value is -2.79. The number of ketones is 1. The molecule has 1 aliphatic carbocycles. The monoisotopic (exact) mass is 435 g/mol. The number of aromatic nitrogens is 1. The summed E-state index contributed by atoms with van der Waals surface area (Å²) < 4.78 is 18.9. The average molecular weight is 436 g/mol. The SMILES string of the molecule is CCc1cc2cc(C3CC(OC)CCC3C(=O)c3cc(OC)ccc3OC)ccc2n1C. The van der Waals surface area contributed by atoms with Crippen molar-refractivity contribution < 1.29 is 19.0 Å². The third-order valence-electron chi connectivity index (χ3n) is 7.10. The number of fused-ring (bicyclic) bond motifs is 1. The van der Waals surface area contributed by atoms with Gasteiger partial charge in [0.25, 0.3) is 0 Å². The Balaban J connectivity index is 1.75. The summed E-state index contributed by atoms with van der Waals surface area (Å²) in [5.41, 5.74) is 4.32. The normalized spacial score (nSPS) is 21.0. The summed E-state index contributed by atoms with van der Waals surface area (Å²) in [7, 11) is 7.10. The van der Waals surface area contributed by atoms with E-state index in [9.17, 15) is 4.79 Å². The number of hydrogen-bond acceptors (Lipinski definition) is 4. The van der Waals surface area contributed by atoms with E-state index < -0.39 is 0 Å². The van der Waals surface area contributed by atoms with Crippen LogP contribution in [0.3, 0.4) is 0 Å². The van der Waals surface area contributed by atoms with E-state index in [0.717, 1.165) is 25.7 Å². The number of carbonyl (C=O) groups excluding carboxylic acids is 1. The van der Waals surface area contributed by atoms with E-state index in [4.69, 9.17) is 14.2 Å². The molecule has 4 rings (SSSR count). The number of aryl methyl sites for hydroxylation is 2. The molecule has 0 spiro atoms. The van der Waals surface area contributed by atoms with Gasteiger partial charge in [0.1, 0.15) is 11.5 Å². The molecule has 3 unspecified atom stereocenters. The van der Waals surface area contributed by atoms with E-state index in [-0.39, 0.29) is 23.7 Å². The minimum Gasteiger partial charge on any atom is -0.497 e. The van der Waals surface area contributed by atoms with Crippen LogP contribution < -0.4 is 9.47 Å². The van der Waals surface area contributed by atoms with Crippen molar-refractivity contribution in [2.45, 2.75) is 44.6 Å². The molecule has 0 amide bonds. The van der Waals surface area contributed by atoms with Crippen molar-refractivity contribution in [1.82, 2.24) is 4.57 Å². The Kier molecular flexibility index (Phi) is 6.56. The van der Waals surface area contributed by atoms with Gasteiger partial charge >= 0.3 is 0 Å². The molecule has 32 heavy (non-hydrogen) atoms. The lowest BCUT2D eigenvalue weighted by Gasteiger charge is -2.35. The molecule has 1 aromatic heterocycles. The van der Waals surface area contributed by atoms with Crippen LogP contribution in [-0.4, -0.2) is 37.8 Å². The molecule has 0 bridgehead atoms. The Morgan fingerprint density at radius 1 is 1.03 bits per heavy atom. The maximum absolute atomic E-state index is 13.8. The van der Waals surface area contributed by atoms with Crippen LogP contribution in [0.15, 0.2) is 42.5 Å². The van der Waals surface area contributed by atoms with Gasteiger partial charge in [-0.1, -0.05) is 13.0 Å². The van der Waals surface area contributed by atoms with Crippen molar-refractivity contribution in [3.8, 4) is 11.5 Å².